The minimum absolute atomic E-state index is 0.0795. The highest BCUT2D eigenvalue weighted by Gasteiger charge is 2.29. The van der Waals surface area contributed by atoms with E-state index in [0.29, 0.717) is 27.5 Å². The third-order valence-corrected chi connectivity index (χ3v) is 6.79. The van der Waals surface area contributed by atoms with Gasteiger partial charge in [-0.2, -0.15) is 0 Å². The number of ether oxygens (including phenoxy) is 1. The van der Waals surface area contributed by atoms with E-state index in [9.17, 15) is 4.79 Å². The maximum atomic E-state index is 12.4. The molecule has 7 heteroatoms. The highest BCUT2D eigenvalue weighted by Crippen LogP contribution is 2.38. The van der Waals surface area contributed by atoms with Gasteiger partial charge in [0.15, 0.2) is 10.9 Å². The first kappa shape index (κ1) is 21.0. The number of fused-ring (bicyclic) bond motifs is 1. The lowest BCUT2D eigenvalue weighted by Gasteiger charge is -2.13. The van der Waals surface area contributed by atoms with Gasteiger partial charge >= 0.3 is 0 Å². The predicted octanol–water partition coefficient (Wildman–Crippen LogP) is 6.37. The van der Waals surface area contributed by atoms with E-state index in [1.807, 2.05) is 30.3 Å². The fourth-order valence-corrected chi connectivity index (χ4v) is 5.19. The van der Waals surface area contributed by atoms with Crippen molar-refractivity contribution in [1.82, 2.24) is 4.90 Å². The van der Waals surface area contributed by atoms with Crippen molar-refractivity contribution in [3.8, 4) is 5.75 Å². The Morgan fingerprint density at radius 3 is 2.70 bits per heavy atom. The first-order valence-electron chi connectivity index (χ1n) is 9.21. The molecule has 152 valence electrons. The van der Waals surface area contributed by atoms with E-state index < -0.39 is 0 Å². The number of rotatable bonds is 4. The van der Waals surface area contributed by atoms with Crippen LogP contribution in [0.15, 0.2) is 69.0 Å². The van der Waals surface area contributed by atoms with Crippen molar-refractivity contribution in [3.05, 3.63) is 80.1 Å². The Hall–Kier alpha value is -2.28. The summed E-state index contributed by atoms with van der Waals surface area (Å²) in [5, 5.41) is 3.48. The second-order valence-electron chi connectivity index (χ2n) is 6.72. The molecule has 0 aliphatic carbocycles. The molecule has 0 unspecified atom stereocenters. The Labute approximate surface area is 192 Å². The number of halogens is 2. The van der Waals surface area contributed by atoms with Crippen LogP contribution in [-0.2, 0) is 11.4 Å². The zero-order chi connectivity index (χ0) is 21.3. The average Bonchev–Trinajstić information content (AvgIpc) is 3.01. The van der Waals surface area contributed by atoms with Gasteiger partial charge in [-0.3, -0.25) is 14.7 Å². The van der Waals surface area contributed by atoms with E-state index in [4.69, 9.17) is 16.3 Å². The summed E-state index contributed by atoms with van der Waals surface area (Å²) in [4.78, 5) is 18.6. The van der Waals surface area contributed by atoms with Crippen molar-refractivity contribution in [3.63, 3.8) is 0 Å². The Balaban J connectivity index is 1.58. The van der Waals surface area contributed by atoms with Gasteiger partial charge in [-0.1, -0.05) is 54.1 Å². The SMILES string of the molecule is CN=C1S/C(=C/c2cc(Cl)c(OCc3cccc4ccccc34)c(Br)c2)C(=O)N1C. The van der Waals surface area contributed by atoms with Crippen LogP contribution in [0, 0.1) is 0 Å². The average molecular weight is 502 g/mol. The maximum Gasteiger partial charge on any atom is 0.266 e. The van der Waals surface area contributed by atoms with Gasteiger partial charge in [-0.15, -0.1) is 0 Å². The van der Waals surface area contributed by atoms with Crippen LogP contribution in [0.4, 0.5) is 0 Å². The lowest BCUT2D eigenvalue weighted by molar-refractivity contribution is -0.121. The predicted molar refractivity (Wildman–Crippen MR) is 129 cm³/mol. The van der Waals surface area contributed by atoms with E-state index in [2.05, 4.69) is 45.2 Å². The van der Waals surface area contributed by atoms with Gasteiger partial charge in [-0.25, -0.2) is 0 Å². The molecule has 3 aromatic carbocycles. The summed E-state index contributed by atoms with van der Waals surface area (Å²) in [7, 11) is 3.39. The number of carbonyl (C=O) groups is 1. The van der Waals surface area contributed by atoms with Gasteiger partial charge in [0.1, 0.15) is 6.61 Å². The number of benzene rings is 3. The van der Waals surface area contributed by atoms with Crippen LogP contribution < -0.4 is 4.74 Å². The van der Waals surface area contributed by atoms with Crippen molar-refractivity contribution < 1.29 is 9.53 Å². The summed E-state index contributed by atoms with van der Waals surface area (Å²) < 4.78 is 6.79. The van der Waals surface area contributed by atoms with Crippen molar-refractivity contribution in [2.45, 2.75) is 6.61 Å². The smallest absolute Gasteiger partial charge is 0.266 e. The molecule has 1 aliphatic rings. The number of amidine groups is 1. The molecule has 0 saturated carbocycles. The number of aliphatic imine (C=N–C) groups is 1. The second-order valence-corrected chi connectivity index (χ2v) is 8.99. The van der Waals surface area contributed by atoms with E-state index in [1.54, 1.807) is 20.2 Å². The largest absolute Gasteiger partial charge is 0.486 e. The zero-order valence-electron chi connectivity index (χ0n) is 16.4. The molecule has 30 heavy (non-hydrogen) atoms. The monoisotopic (exact) mass is 500 g/mol. The fourth-order valence-electron chi connectivity index (χ4n) is 3.27. The van der Waals surface area contributed by atoms with Gasteiger partial charge in [0.05, 0.1) is 14.4 Å². The summed E-state index contributed by atoms with van der Waals surface area (Å²) >= 11 is 11.4. The van der Waals surface area contributed by atoms with Gasteiger partial charge in [-0.05, 0) is 67.8 Å². The van der Waals surface area contributed by atoms with E-state index >= 15 is 0 Å². The van der Waals surface area contributed by atoms with Crippen LogP contribution in [0.25, 0.3) is 16.8 Å². The third kappa shape index (κ3) is 4.13. The van der Waals surface area contributed by atoms with Crippen molar-refractivity contribution >= 4 is 67.2 Å². The summed E-state index contributed by atoms with van der Waals surface area (Å²) in [6.45, 7) is 0.398. The van der Waals surface area contributed by atoms with Crippen LogP contribution in [0.1, 0.15) is 11.1 Å². The molecule has 1 amide bonds. The number of thioether (sulfide) groups is 1. The Bertz CT molecular complexity index is 1180. The van der Waals surface area contributed by atoms with Crippen LogP contribution in [0.2, 0.25) is 5.02 Å². The molecule has 0 spiro atoms. The second kappa shape index (κ2) is 8.84. The number of amides is 1. The molecule has 0 aromatic heterocycles. The lowest BCUT2D eigenvalue weighted by atomic mass is 10.1. The number of hydrogen-bond donors (Lipinski definition) is 0. The number of carbonyl (C=O) groups excluding carboxylic acids is 1. The standard InChI is InChI=1S/C23H18BrClN2O2S/c1-26-23-27(2)22(28)20(30-23)12-14-10-18(24)21(19(25)11-14)29-13-16-8-5-7-15-6-3-4-9-17(15)16/h3-12H,13H2,1-2H3/b20-12+,26-23?. The van der Waals surface area contributed by atoms with Gasteiger partial charge in [0.25, 0.3) is 5.91 Å². The first-order chi connectivity index (χ1) is 14.5. The van der Waals surface area contributed by atoms with Crippen LogP contribution in [-0.4, -0.2) is 30.1 Å². The topological polar surface area (TPSA) is 41.9 Å². The number of likely N-dealkylation sites (N-methyl/N-ethyl adjacent to an activating group) is 1. The van der Waals surface area contributed by atoms with Crippen molar-refractivity contribution in [2.24, 2.45) is 4.99 Å². The molecular weight excluding hydrogens is 484 g/mol. The number of hydrogen-bond acceptors (Lipinski definition) is 4. The highest BCUT2D eigenvalue weighted by molar-refractivity contribution is 9.10. The van der Waals surface area contributed by atoms with E-state index in [1.165, 1.54) is 22.0 Å². The molecule has 0 radical (unpaired) electrons. The normalized spacial score (nSPS) is 16.8. The maximum absolute atomic E-state index is 12.4. The van der Waals surface area contributed by atoms with Gasteiger partial charge < -0.3 is 4.74 Å². The molecule has 1 fully saturated rings. The summed E-state index contributed by atoms with van der Waals surface area (Å²) in [5.41, 5.74) is 1.90. The molecule has 1 saturated heterocycles. The van der Waals surface area contributed by atoms with Crippen LogP contribution >= 0.6 is 39.3 Å². The Morgan fingerprint density at radius 2 is 1.97 bits per heavy atom. The quantitative estimate of drug-likeness (QED) is 0.390. The van der Waals surface area contributed by atoms with E-state index in [0.717, 1.165) is 21.0 Å². The Kier molecular flexibility index (Phi) is 6.18. The fraction of sp³-hybridized carbons (Fsp3) is 0.130. The molecule has 1 aliphatic heterocycles. The molecule has 3 aromatic rings. The molecule has 0 N–H and O–H groups in total. The molecule has 0 bridgehead atoms. The van der Waals surface area contributed by atoms with Gasteiger partial charge in [0, 0.05) is 14.1 Å². The third-order valence-electron chi connectivity index (χ3n) is 4.77. The van der Waals surface area contributed by atoms with Crippen molar-refractivity contribution in [2.75, 3.05) is 14.1 Å². The summed E-state index contributed by atoms with van der Waals surface area (Å²) in [6, 6.07) is 18.1. The minimum atomic E-state index is -0.0795. The minimum Gasteiger partial charge on any atom is -0.486 e. The van der Waals surface area contributed by atoms with E-state index in [-0.39, 0.29) is 5.91 Å². The van der Waals surface area contributed by atoms with Crippen molar-refractivity contribution in [1.29, 1.82) is 0 Å². The van der Waals surface area contributed by atoms with Crippen LogP contribution in [0.5, 0.6) is 5.75 Å². The number of nitrogens with zero attached hydrogens (tertiary/aromatic N) is 2. The zero-order valence-corrected chi connectivity index (χ0v) is 19.5. The van der Waals surface area contributed by atoms with Crippen LogP contribution in [0.3, 0.4) is 0 Å². The highest BCUT2D eigenvalue weighted by atomic mass is 79.9. The Morgan fingerprint density at radius 1 is 1.20 bits per heavy atom. The molecule has 4 rings (SSSR count). The van der Waals surface area contributed by atoms with Gasteiger partial charge in [0.2, 0.25) is 0 Å². The lowest BCUT2D eigenvalue weighted by Crippen LogP contribution is -2.23. The summed E-state index contributed by atoms with van der Waals surface area (Å²) in [5.74, 6) is 0.495. The molecular formula is C23H18BrClN2O2S. The first-order valence-corrected chi connectivity index (χ1v) is 11.2. The summed E-state index contributed by atoms with van der Waals surface area (Å²) in [6.07, 6.45) is 1.81. The molecule has 1 heterocycles. The molecule has 0 atom stereocenters. The molecule has 4 nitrogen and oxygen atoms in total.